The van der Waals surface area contributed by atoms with Crippen molar-refractivity contribution in [2.24, 2.45) is 5.92 Å². The lowest BCUT2D eigenvalue weighted by Crippen LogP contribution is -2.56. The van der Waals surface area contributed by atoms with E-state index in [9.17, 15) is 13.2 Å². The molecule has 2 aliphatic heterocycles. The molecule has 8 heteroatoms. The Morgan fingerprint density at radius 2 is 1.88 bits per heavy atom. The molecule has 32 heavy (non-hydrogen) atoms. The number of nitriles is 1. The molecule has 2 aromatic rings. The second-order valence-electron chi connectivity index (χ2n) is 8.74. The third kappa shape index (κ3) is 4.64. The summed E-state index contributed by atoms with van der Waals surface area (Å²) < 4.78 is 31.9. The zero-order chi connectivity index (χ0) is 22.9. The third-order valence-electron chi connectivity index (χ3n) is 6.55. The van der Waals surface area contributed by atoms with E-state index in [1.54, 1.807) is 18.2 Å². The Kier molecular flexibility index (Phi) is 5.97. The quantitative estimate of drug-likeness (QED) is 0.746. The van der Waals surface area contributed by atoms with Crippen molar-refractivity contribution in [2.45, 2.75) is 31.8 Å². The molecule has 0 saturated carbocycles. The zero-order valence-electron chi connectivity index (χ0n) is 18.3. The second kappa shape index (κ2) is 8.57. The monoisotopic (exact) mass is 453 g/mol. The molecule has 4 rings (SSSR count). The molecule has 1 fully saturated rings. The van der Waals surface area contributed by atoms with Crippen LogP contribution in [0.2, 0.25) is 0 Å². The standard InChI is InChI=1S/C24H27N3O4S/c1-17-23(28)21-15-20(26-32(2,29)30)7-8-22(21)31-24(17)10-13-27(14-11-24)12-9-18-3-5-19(16-25)6-4-18/h3-8,15,17,26H,9-14H2,1-2H3. The molecule has 1 N–H and O–H groups in total. The second-order valence-corrected chi connectivity index (χ2v) is 10.5. The number of nitrogens with zero attached hydrogens (tertiary/aromatic N) is 2. The minimum atomic E-state index is -3.42. The molecule has 168 valence electrons. The SMILES string of the molecule is CC1C(=O)c2cc(NS(C)(=O)=O)ccc2OC12CCN(CCc1ccc(C#N)cc1)CC2. The van der Waals surface area contributed by atoms with Gasteiger partial charge in [-0.25, -0.2) is 8.42 Å². The highest BCUT2D eigenvalue weighted by molar-refractivity contribution is 7.92. The number of nitrogens with one attached hydrogen (secondary N) is 1. The van der Waals surface area contributed by atoms with Crippen molar-refractivity contribution in [1.82, 2.24) is 4.90 Å². The lowest BCUT2D eigenvalue weighted by Gasteiger charge is -2.47. The van der Waals surface area contributed by atoms with Crippen LogP contribution in [0.15, 0.2) is 42.5 Å². The van der Waals surface area contributed by atoms with E-state index in [1.807, 2.05) is 31.2 Å². The molecule has 7 nitrogen and oxygen atoms in total. The summed E-state index contributed by atoms with van der Waals surface area (Å²) in [5.74, 6) is 0.219. The Hall–Kier alpha value is -2.89. The van der Waals surface area contributed by atoms with E-state index in [-0.39, 0.29) is 11.7 Å². The highest BCUT2D eigenvalue weighted by Gasteiger charge is 2.48. The van der Waals surface area contributed by atoms with Gasteiger partial charge in [-0.2, -0.15) is 5.26 Å². The molecule has 0 aliphatic carbocycles. The summed E-state index contributed by atoms with van der Waals surface area (Å²) in [4.78, 5) is 15.5. The van der Waals surface area contributed by atoms with Gasteiger partial charge in [0.1, 0.15) is 11.4 Å². The van der Waals surface area contributed by atoms with Crippen LogP contribution in [0.5, 0.6) is 5.75 Å². The Bertz CT molecular complexity index is 1160. The number of carbonyl (C=O) groups excluding carboxylic acids is 1. The van der Waals surface area contributed by atoms with Crippen LogP contribution in [0.1, 0.15) is 41.3 Å². The summed E-state index contributed by atoms with van der Waals surface area (Å²) in [5.41, 5.74) is 2.14. The van der Waals surface area contributed by atoms with Crippen LogP contribution < -0.4 is 9.46 Å². The van der Waals surface area contributed by atoms with Gasteiger partial charge in [-0.1, -0.05) is 19.1 Å². The molecule has 0 aromatic heterocycles. The van der Waals surface area contributed by atoms with E-state index in [0.29, 0.717) is 22.6 Å². The van der Waals surface area contributed by atoms with Crippen LogP contribution in [0.4, 0.5) is 5.69 Å². The van der Waals surface area contributed by atoms with Crippen molar-refractivity contribution in [1.29, 1.82) is 5.26 Å². The molecular weight excluding hydrogens is 426 g/mol. The van der Waals surface area contributed by atoms with Crippen molar-refractivity contribution >= 4 is 21.5 Å². The van der Waals surface area contributed by atoms with Gasteiger partial charge in [-0.3, -0.25) is 9.52 Å². The number of rotatable bonds is 5. The molecule has 1 spiro atoms. The fourth-order valence-corrected chi connectivity index (χ4v) is 5.15. The number of likely N-dealkylation sites (tertiary alicyclic amines) is 1. The molecule has 0 bridgehead atoms. The van der Waals surface area contributed by atoms with Gasteiger partial charge in [0.15, 0.2) is 5.78 Å². The van der Waals surface area contributed by atoms with Crippen LogP contribution in [-0.2, 0) is 16.4 Å². The number of anilines is 1. The van der Waals surface area contributed by atoms with Gasteiger partial charge >= 0.3 is 0 Å². The zero-order valence-corrected chi connectivity index (χ0v) is 19.1. The van der Waals surface area contributed by atoms with Crippen LogP contribution in [0.25, 0.3) is 0 Å². The van der Waals surface area contributed by atoms with Crippen molar-refractivity contribution in [2.75, 3.05) is 30.6 Å². The summed E-state index contributed by atoms with van der Waals surface area (Å²) in [7, 11) is -3.42. The van der Waals surface area contributed by atoms with Gasteiger partial charge in [0.25, 0.3) is 0 Å². The van der Waals surface area contributed by atoms with Crippen LogP contribution in [0.3, 0.4) is 0 Å². The fraction of sp³-hybridized carbons (Fsp3) is 0.417. The van der Waals surface area contributed by atoms with Gasteiger partial charge in [-0.05, 0) is 42.3 Å². The molecule has 2 aliphatic rings. The van der Waals surface area contributed by atoms with E-state index < -0.39 is 15.6 Å². The number of piperidine rings is 1. The number of carbonyl (C=O) groups is 1. The highest BCUT2D eigenvalue weighted by Crippen LogP contribution is 2.43. The molecule has 2 heterocycles. The smallest absolute Gasteiger partial charge is 0.229 e. The molecule has 0 radical (unpaired) electrons. The number of sulfonamides is 1. The summed E-state index contributed by atoms with van der Waals surface area (Å²) in [6.45, 7) is 4.52. The first-order valence-electron chi connectivity index (χ1n) is 10.8. The van der Waals surface area contributed by atoms with Gasteiger partial charge < -0.3 is 9.64 Å². The normalized spacial score (nSPS) is 20.3. The van der Waals surface area contributed by atoms with Crippen molar-refractivity contribution in [3.63, 3.8) is 0 Å². The van der Waals surface area contributed by atoms with Crippen LogP contribution >= 0.6 is 0 Å². The number of Topliss-reactive ketones (excluding diaryl/α,β-unsaturated/α-hetero) is 1. The maximum atomic E-state index is 13.2. The number of hydrogen-bond acceptors (Lipinski definition) is 6. The van der Waals surface area contributed by atoms with E-state index in [1.165, 1.54) is 5.56 Å². The minimum absolute atomic E-state index is 0.00515. The highest BCUT2D eigenvalue weighted by atomic mass is 32.2. The number of ether oxygens (including phenoxy) is 1. The van der Waals surface area contributed by atoms with Gasteiger partial charge in [0, 0.05) is 38.2 Å². The molecule has 1 saturated heterocycles. The van der Waals surface area contributed by atoms with E-state index >= 15 is 0 Å². The number of fused-ring (bicyclic) bond motifs is 1. The largest absolute Gasteiger partial charge is 0.486 e. The molecule has 1 unspecified atom stereocenters. The van der Waals surface area contributed by atoms with Crippen molar-refractivity contribution in [3.05, 3.63) is 59.2 Å². The molecular formula is C24H27N3O4S. The maximum Gasteiger partial charge on any atom is 0.229 e. The van der Waals surface area contributed by atoms with Crippen LogP contribution in [0, 0.1) is 17.2 Å². The summed E-state index contributed by atoms with van der Waals surface area (Å²) in [6, 6.07) is 14.7. The number of ketones is 1. The minimum Gasteiger partial charge on any atom is -0.486 e. The maximum absolute atomic E-state index is 13.2. The first-order chi connectivity index (χ1) is 15.2. The van der Waals surface area contributed by atoms with Crippen LogP contribution in [-0.4, -0.2) is 50.6 Å². The summed E-state index contributed by atoms with van der Waals surface area (Å²) in [6.07, 6.45) is 3.51. The first kappa shape index (κ1) is 22.3. The van der Waals surface area contributed by atoms with Crippen molar-refractivity contribution < 1.29 is 17.9 Å². The number of hydrogen-bond donors (Lipinski definition) is 1. The summed E-state index contributed by atoms with van der Waals surface area (Å²) in [5, 5.41) is 8.92. The van der Waals surface area contributed by atoms with Gasteiger partial charge in [-0.15, -0.1) is 0 Å². The molecule has 0 amide bonds. The lowest BCUT2D eigenvalue weighted by atomic mass is 9.74. The average molecular weight is 454 g/mol. The van der Waals surface area contributed by atoms with Gasteiger partial charge in [0.05, 0.1) is 29.4 Å². The Morgan fingerprint density at radius 3 is 2.50 bits per heavy atom. The Labute approximate surface area is 189 Å². The Balaban J connectivity index is 1.41. The van der Waals surface area contributed by atoms with E-state index in [0.717, 1.165) is 45.2 Å². The fourth-order valence-electron chi connectivity index (χ4n) is 4.59. The molecule has 2 aromatic carbocycles. The third-order valence-corrected chi connectivity index (χ3v) is 7.15. The topological polar surface area (TPSA) is 99.5 Å². The Morgan fingerprint density at radius 1 is 1.19 bits per heavy atom. The first-order valence-corrected chi connectivity index (χ1v) is 12.6. The molecule has 1 atom stereocenters. The van der Waals surface area contributed by atoms with Gasteiger partial charge in [0.2, 0.25) is 10.0 Å². The van der Waals surface area contributed by atoms with E-state index in [4.69, 9.17) is 10.00 Å². The lowest BCUT2D eigenvalue weighted by molar-refractivity contribution is -0.0387. The van der Waals surface area contributed by atoms with Crippen molar-refractivity contribution in [3.8, 4) is 11.8 Å². The van der Waals surface area contributed by atoms with E-state index in [2.05, 4.69) is 15.7 Å². The number of benzene rings is 2. The average Bonchev–Trinajstić information content (AvgIpc) is 2.77. The predicted molar refractivity (Wildman–Crippen MR) is 122 cm³/mol. The predicted octanol–water partition coefficient (Wildman–Crippen LogP) is 3.22. The summed E-state index contributed by atoms with van der Waals surface area (Å²) >= 11 is 0.